The number of aromatic amines is 1. The first-order chi connectivity index (χ1) is 32.7. The molecule has 0 spiro atoms. The van der Waals surface area contributed by atoms with Gasteiger partial charge in [-0.25, -0.2) is 14.4 Å². The molecule has 2 aromatic heterocycles. The van der Waals surface area contributed by atoms with Crippen LogP contribution >= 0.6 is 24.8 Å². The van der Waals surface area contributed by atoms with Crippen LogP contribution in [0.2, 0.25) is 18.1 Å². The number of hydrogen-bond acceptors (Lipinski definition) is 12. The summed E-state index contributed by atoms with van der Waals surface area (Å²) >= 11 is 0. The highest BCUT2D eigenvalue weighted by Gasteiger charge is 2.41. The van der Waals surface area contributed by atoms with Crippen LogP contribution < -0.4 is 15.6 Å². The number of aromatic hydroxyl groups is 1. The summed E-state index contributed by atoms with van der Waals surface area (Å²) in [6, 6.07) is 26.3. The summed E-state index contributed by atoms with van der Waals surface area (Å²) in [4.78, 5) is 59.2. The van der Waals surface area contributed by atoms with Gasteiger partial charge in [0.25, 0.3) is 0 Å². The molecule has 3 N–H and O–H groups in total. The van der Waals surface area contributed by atoms with Gasteiger partial charge in [0.15, 0.2) is 8.32 Å². The van der Waals surface area contributed by atoms with Crippen LogP contribution in [0.15, 0.2) is 100 Å². The van der Waals surface area contributed by atoms with E-state index in [1.54, 1.807) is 49.9 Å². The SMILES string of the molecule is CC(C)(C)OC(=O)N(CCCCOC(=O)c1ccc(COc2cccc([C@@H](NC(=O)O[C@H]3CN4CCC3CC4)c3ccccc3)c2)o1)C[C@H](O[Si](C)(C)C(C)(C)C)c1ccc(O)c2[nH]c(=O)ccc12.Cl.Cl. The van der Waals surface area contributed by atoms with E-state index in [9.17, 15) is 24.3 Å². The zero-order valence-electron chi connectivity index (χ0n) is 42.0. The molecule has 2 bridgehead atoms. The highest BCUT2D eigenvalue weighted by molar-refractivity contribution is 6.74. The first-order valence-electron chi connectivity index (χ1n) is 24.0. The molecule has 3 fully saturated rings. The number of carbonyl (C=O) groups is 3. The van der Waals surface area contributed by atoms with Gasteiger partial charge in [0.1, 0.15) is 35.6 Å². The minimum absolute atomic E-state index is 0. The minimum Gasteiger partial charge on any atom is -0.506 e. The topological polar surface area (TPSA) is 182 Å². The lowest BCUT2D eigenvalue weighted by Crippen LogP contribution is -2.52. The quantitative estimate of drug-likeness (QED) is 0.0327. The van der Waals surface area contributed by atoms with Crippen LogP contribution in [0.4, 0.5) is 9.59 Å². The van der Waals surface area contributed by atoms with E-state index in [0.717, 1.165) is 43.6 Å². The highest BCUT2D eigenvalue weighted by atomic mass is 35.5. The van der Waals surface area contributed by atoms with Crippen molar-refractivity contribution >= 4 is 62.2 Å². The van der Waals surface area contributed by atoms with Crippen molar-refractivity contribution in [2.75, 3.05) is 39.3 Å². The van der Waals surface area contributed by atoms with Crippen molar-refractivity contribution in [3.8, 4) is 11.5 Å². The number of amides is 2. The molecule has 0 radical (unpaired) electrons. The van der Waals surface area contributed by atoms with Crippen molar-refractivity contribution in [1.82, 2.24) is 20.1 Å². The molecule has 3 aliphatic heterocycles. The number of phenolic OH excluding ortho intramolecular Hbond substituents is 1. The van der Waals surface area contributed by atoms with Gasteiger partial charge in [0, 0.05) is 24.5 Å². The maximum atomic E-state index is 13.8. The normalized spacial score (nSPS) is 17.5. The third-order valence-electron chi connectivity index (χ3n) is 13.3. The van der Waals surface area contributed by atoms with Crippen molar-refractivity contribution in [3.05, 3.63) is 130 Å². The van der Waals surface area contributed by atoms with Crippen molar-refractivity contribution in [3.63, 3.8) is 0 Å². The standard InChI is InChI=1S/C53H68N4O11Si.2ClH/c1-52(2,3)67-51(62)57(33-45(68-69(7,8)53(4,5)6)40-20-22-42(58)48-41(40)21-24-46(59)54-48)27-12-13-30-63-49(60)43-23-19-39(65-43)34-64-38-18-14-17-37(31-38)47(36-15-10-9-11-16-36)55-50(61)66-44-32-56-28-25-35(44)26-29-56;;/h9-11,14-24,31,35,44-45,47,58H,12-13,25-30,32-34H2,1-8H3,(H,54,59)(H,55,61);2*1H/t44-,45-,47-;;/m0../s1. The first-order valence-corrected chi connectivity index (χ1v) is 26.9. The molecule has 3 aliphatic rings. The Morgan fingerprint density at radius 3 is 2.30 bits per heavy atom. The predicted molar refractivity (Wildman–Crippen MR) is 279 cm³/mol. The summed E-state index contributed by atoms with van der Waals surface area (Å²) in [7, 11) is -2.46. The molecule has 3 atom stereocenters. The number of benzene rings is 3. The number of halogens is 2. The molecule has 71 heavy (non-hydrogen) atoms. The van der Waals surface area contributed by atoms with Crippen LogP contribution in [0.3, 0.4) is 0 Å². The number of pyridine rings is 1. The number of furan rings is 1. The molecule has 386 valence electrons. The number of aromatic nitrogens is 1. The average Bonchev–Trinajstić information content (AvgIpc) is 3.79. The van der Waals surface area contributed by atoms with E-state index in [-0.39, 0.29) is 84.8 Å². The van der Waals surface area contributed by atoms with Gasteiger partial charge < -0.3 is 48.1 Å². The summed E-state index contributed by atoms with van der Waals surface area (Å²) in [6.45, 7) is 19.5. The van der Waals surface area contributed by atoms with E-state index >= 15 is 0 Å². The molecule has 15 nitrogen and oxygen atoms in total. The van der Waals surface area contributed by atoms with Gasteiger partial charge in [-0.3, -0.25) is 9.69 Å². The Hall–Kier alpha value is -5.52. The molecule has 2 amide bonds. The number of nitrogens with zero attached hydrogens (tertiary/aromatic N) is 2. The Labute approximate surface area is 429 Å². The average molecular weight is 1040 g/mol. The predicted octanol–water partition coefficient (Wildman–Crippen LogP) is 11.1. The van der Waals surface area contributed by atoms with Gasteiger partial charge in [-0.05, 0) is 137 Å². The number of esters is 1. The summed E-state index contributed by atoms with van der Waals surface area (Å²) in [5.41, 5.74) is 1.59. The third kappa shape index (κ3) is 15.0. The van der Waals surface area contributed by atoms with Crippen molar-refractivity contribution in [2.45, 2.75) is 116 Å². The fourth-order valence-corrected chi connectivity index (χ4v) is 9.80. The molecule has 0 aliphatic carbocycles. The van der Waals surface area contributed by atoms with Crippen LogP contribution in [0.5, 0.6) is 11.5 Å². The minimum atomic E-state index is -2.46. The lowest BCUT2D eigenvalue weighted by molar-refractivity contribution is -0.0336. The number of carbonyl (C=O) groups excluding carboxylic acids is 3. The molecule has 8 rings (SSSR count). The fraction of sp³-hybridized carbons (Fsp3) is 0.472. The zero-order chi connectivity index (χ0) is 49.5. The van der Waals surface area contributed by atoms with Crippen LogP contribution in [0, 0.1) is 5.92 Å². The molecule has 18 heteroatoms. The summed E-state index contributed by atoms with van der Waals surface area (Å²) in [6.07, 6.45) is 1.26. The van der Waals surface area contributed by atoms with Crippen LogP contribution in [-0.2, 0) is 25.2 Å². The van der Waals surface area contributed by atoms with Gasteiger partial charge in [0.05, 0.1) is 30.8 Å². The molecular formula is C53H70Cl2N4O11Si. The second kappa shape index (κ2) is 24.3. The number of unbranched alkanes of at least 4 members (excludes halogenated alkanes) is 1. The second-order valence-electron chi connectivity index (χ2n) is 20.6. The van der Waals surface area contributed by atoms with Gasteiger partial charge in [-0.2, -0.15) is 0 Å². The van der Waals surface area contributed by atoms with Gasteiger partial charge in [-0.15, -0.1) is 24.8 Å². The Morgan fingerprint density at radius 2 is 1.62 bits per heavy atom. The number of nitrogens with one attached hydrogen (secondary N) is 2. The van der Waals surface area contributed by atoms with Crippen molar-refractivity contribution in [1.29, 1.82) is 0 Å². The summed E-state index contributed by atoms with van der Waals surface area (Å²) in [5.74, 6) is 0.685. The molecule has 0 unspecified atom stereocenters. The van der Waals surface area contributed by atoms with Gasteiger partial charge in [0.2, 0.25) is 11.3 Å². The maximum absolute atomic E-state index is 13.8. The lowest BCUT2D eigenvalue weighted by Gasteiger charge is -2.43. The molecule has 3 saturated heterocycles. The van der Waals surface area contributed by atoms with E-state index in [1.165, 1.54) is 12.1 Å². The zero-order valence-corrected chi connectivity index (χ0v) is 44.6. The van der Waals surface area contributed by atoms with Crippen molar-refractivity contribution < 1.29 is 47.3 Å². The molecule has 5 heterocycles. The van der Waals surface area contributed by atoms with Crippen LogP contribution in [0.25, 0.3) is 10.9 Å². The number of phenols is 1. The molecular weight excluding hydrogens is 968 g/mol. The van der Waals surface area contributed by atoms with E-state index in [0.29, 0.717) is 41.2 Å². The van der Waals surface area contributed by atoms with Crippen LogP contribution in [-0.4, -0.2) is 97.4 Å². The number of alkyl carbamates (subject to hydrolysis) is 1. The van der Waals surface area contributed by atoms with Gasteiger partial charge >= 0.3 is 18.2 Å². The summed E-state index contributed by atoms with van der Waals surface area (Å²) in [5, 5.41) is 14.2. The molecule has 5 aromatic rings. The van der Waals surface area contributed by atoms with Crippen LogP contribution in [0.1, 0.15) is 112 Å². The summed E-state index contributed by atoms with van der Waals surface area (Å²) < 4.78 is 36.4. The lowest BCUT2D eigenvalue weighted by atomic mass is 9.86. The number of rotatable bonds is 18. The van der Waals surface area contributed by atoms with E-state index in [2.05, 4.69) is 49.1 Å². The van der Waals surface area contributed by atoms with Gasteiger partial charge in [-0.1, -0.05) is 69.3 Å². The van der Waals surface area contributed by atoms with E-state index in [4.69, 9.17) is 27.8 Å². The Morgan fingerprint density at radius 1 is 0.901 bits per heavy atom. The largest absolute Gasteiger partial charge is 0.506 e. The van der Waals surface area contributed by atoms with E-state index < -0.39 is 44.2 Å². The fourth-order valence-electron chi connectivity index (χ4n) is 8.54. The Kier molecular flexibility index (Phi) is 19.3. The number of hydrogen-bond donors (Lipinski definition) is 3. The maximum Gasteiger partial charge on any atom is 0.410 e. The number of fused-ring (bicyclic) bond motifs is 4. The molecule has 3 aromatic carbocycles. The van der Waals surface area contributed by atoms with Crippen molar-refractivity contribution in [2.24, 2.45) is 5.92 Å². The first kappa shape index (κ1) is 56.4. The highest BCUT2D eigenvalue weighted by Crippen LogP contribution is 2.42. The second-order valence-corrected chi connectivity index (χ2v) is 25.4. The van der Waals surface area contributed by atoms with E-state index in [1.807, 2.05) is 54.6 Å². The Balaban J connectivity index is 0.00000469. The number of ether oxygens (including phenoxy) is 4. The monoisotopic (exact) mass is 1040 g/mol. The molecule has 0 saturated carbocycles. The third-order valence-corrected chi connectivity index (χ3v) is 17.8. The number of H-pyrrole nitrogens is 1. The number of piperidine rings is 3. The smallest absolute Gasteiger partial charge is 0.410 e. The Bertz CT molecular complexity index is 2620.